The van der Waals surface area contributed by atoms with Crippen LogP contribution in [0.2, 0.25) is 0 Å². The molecule has 0 saturated carbocycles. The van der Waals surface area contributed by atoms with E-state index in [0.29, 0.717) is 0 Å². The van der Waals surface area contributed by atoms with Gasteiger partial charge in [0.05, 0.1) is 5.71 Å². The minimum atomic E-state index is 0.280. The van der Waals surface area contributed by atoms with E-state index in [9.17, 15) is 0 Å². The molecule has 2 rings (SSSR count). The van der Waals surface area contributed by atoms with Crippen LogP contribution in [0, 0.1) is 0 Å². The highest BCUT2D eigenvalue weighted by Gasteiger charge is 2.21. The van der Waals surface area contributed by atoms with Crippen molar-refractivity contribution >= 4 is 5.71 Å². The Morgan fingerprint density at radius 3 is 3.00 bits per heavy atom. The van der Waals surface area contributed by atoms with Gasteiger partial charge in [0.15, 0.2) is 11.5 Å². The van der Waals surface area contributed by atoms with Gasteiger partial charge >= 0.3 is 0 Å². The molecule has 0 unspecified atom stereocenters. The van der Waals surface area contributed by atoms with Crippen molar-refractivity contribution in [2.24, 2.45) is 5.16 Å². The quantitative estimate of drug-likeness (QED) is 0.466. The Morgan fingerprint density at radius 1 is 1.44 bits per heavy atom. The van der Waals surface area contributed by atoms with Crippen LogP contribution in [0.25, 0.3) is 0 Å². The van der Waals surface area contributed by atoms with E-state index in [0.717, 1.165) is 34.8 Å². The Morgan fingerprint density at radius 2 is 2.28 bits per heavy atom. The molecule has 96 valence electrons. The van der Waals surface area contributed by atoms with E-state index in [2.05, 4.69) is 11.2 Å². The molecule has 1 aromatic rings. The summed E-state index contributed by atoms with van der Waals surface area (Å²) in [6, 6.07) is 3.90. The number of rotatable bonds is 4. The van der Waals surface area contributed by atoms with Crippen molar-refractivity contribution < 1.29 is 14.3 Å². The Bertz CT molecular complexity index is 492. The Hall–Kier alpha value is -1.97. The van der Waals surface area contributed by atoms with Gasteiger partial charge in [0.1, 0.15) is 7.11 Å². The minimum Gasteiger partial charge on any atom is -0.454 e. The molecule has 0 saturated heterocycles. The Labute approximate surface area is 107 Å². The second-order valence-corrected chi connectivity index (χ2v) is 3.96. The van der Waals surface area contributed by atoms with E-state index in [1.165, 1.54) is 0 Å². The van der Waals surface area contributed by atoms with Crippen molar-refractivity contribution in [3.8, 4) is 11.5 Å². The van der Waals surface area contributed by atoms with Crippen molar-refractivity contribution in [2.45, 2.75) is 20.3 Å². The van der Waals surface area contributed by atoms with Crippen molar-refractivity contribution in [3.05, 3.63) is 35.4 Å². The van der Waals surface area contributed by atoms with Gasteiger partial charge in [-0.05, 0) is 32.4 Å². The summed E-state index contributed by atoms with van der Waals surface area (Å²) in [6.07, 6.45) is 4.89. The molecular weight excluding hydrogens is 230 g/mol. The van der Waals surface area contributed by atoms with Gasteiger partial charge < -0.3 is 14.3 Å². The van der Waals surface area contributed by atoms with Crippen LogP contribution in [-0.4, -0.2) is 19.6 Å². The fourth-order valence-corrected chi connectivity index (χ4v) is 1.99. The number of allylic oxidation sites excluding steroid dienone is 2. The minimum absolute atomic E-state index is 0.280. The molecule has 0 fully saturated rings. The first-order valence-corrected chi connectivity index (χ1v) is 5.88. The Balaban J connectivity index is 2.48. The zero-order valence-electron chi connectivity index (χ0n) is 10.9. The lowest BCUT2D eigenvalue weighted by molar-refractivity contribution is 0.173. The summed E-state index contributed by atoms with van der Waals surface area (Å²) < 4.78 is 10.9. The second kappa shape index (κ2) is 5.58. The van der Waals surface area contributed by atoms with Crippen molar-refractivity contribution in [3.63, 3.8) is 0 Å². The number of nitrogens with zero attached hydrogens (tertiary/aromatic N) is 1. The molecule has 0 radical (unpaired) electrons. The average molecular weight is 247 g/mol. The molecule has 0 bridgehead atoms. The molecule has 4 heteroatoms. The summed E-state index contributed by atoms with van der Waals surface area (Å²) >= 11 is 0. The highest BCUT2D eigenvalue weighted by molar-refractivity contribution is 6.00. The lowest BCUT2D eigenvalue weighted by Gasteiger charge is -2.10. The molecule has 0 atom stereocenters. The van der Waals surface area contributed by atoms with Gasteiger partial charge in [-0.1, -0.05) is 17.3 Å². The van der Waals surface area contributed by atoms with Gasteiger partial charge in [-0.25, -0.2) is 0 Å². The van der Waals surface area contributed by atoms with E-state index in [1.54, 1.807) is 7.11 Å². The van der Waals surface area contributed by atoms with Crippen LogP contribution in [-0.2, 0) is 11.3 Å². The van der Waals surface area contributed by atoms with E-state index in [-0.39, 0.29) is 6.79 Å². The van der Waals surface area contributed by atoms with Crippen LogP contribution in [0.5, 0.6) is 11.5 Å². The third-order valence-corrected chi connectivity index (χ3v) is 2.82. The molecule has 0 N–H and O–H groups in total. The highest BCUT2D eigenvalue weighted by atomic mass is 16.7. The monoisotopic (exact) mass is 247 g/mol. The smallest absolute Gasteiger partial charge is 0.231 e. The SMILES string of the molecule is C/C=C/Cc1c(/C(C)=N/OC)ccc2c1OCO2. The molecule has 0 amide bonds. The normalized spacial score (nSPS) is 14.3. The summed E-state index contributed by atoms with van der Waals surface area (Å²) in [7, 11) is 1.54. The van der Waals surface area contributed by atoms with Crippen molar-refractivity contribution in [2.75, 3.05) is 13.9 Å². The number of benzene rings is 1. The van der Waals surface area contributed by atoms with Crippen molar-refractivity contribution in [1.82, 2.24) is 0 Å². The summed E-state index contributed by atoms with van der Waals surface area (Å²) in [5.41, 5.74) is 2.94. The van der Waals surface area contributed by atoms with Crippen LogP contribution in [0.1, 0.15) is 25.0 Å². The first-order chi connectivity index (χ1) is 8.77. The average Bonchev–Trinajstić information content (AvgIpc) is 2.84. The number of fused-ring (bicyclic) bond motifs is 1. The number of oxime groups is 1. The maximum Gasteiger partial charge on any atom is 0.231 e. The van der Waals surface area contributed by atoms with E-state index >= 15 is 0 Å². The number of ether oxygens (including phenoxy) is 2. The van der Waals surface area contributed by atoms with E-state index in [1.807, 2.05) is 32.1 Å². The molecule has 0 spiro atoms. The molecule has 1 aromatic carbocycles. The van der Waals surface area contributed by atoms with Gasteiger partial charge in [0, 0.05) is 11.1 Å². The number of hydrogen-bond donors (Lipinski definition) is 0. The molecule has 1 aliphatic rings. The number of hydrogen-bond acceptors (Lipinski definition) is 4. The lowest BCUT2D eigenvalue weighted by Crippen LogP contribution is -2.02. The Kier molecular flexibility index (Phi) is 3.87. The summed E-state index contributed by atoms with van der Waals surface area (Å²) in [5, 5.41) is 3.99. The first-order valence-electron chi connectivity index (χ1n) is 5.88. The predicted molar refractivity (Wildman–Crippen MR) is 70.3 cm³/mol. The topological polar surface area (TPSA) is 40.0 Å². The maximum atomic E-state index is 5.54. The first kappa shape index (κ1) is 12.5. The summed E-state index contributed by atoms with van der Waals surface area (Å²) in [5.74, 6) is 1.61. The van der Waals surface area contributed by atoms with Gasteiger partial charge in [-0.3, -0.25) is 0 Å². The largest absolute Gasteiger partial charge is 0.454 e. The van der Waals surface area contributed by atoms with E-state index < -0.39 is 0 Å². The highest BCUT2D eigenvalue weighted by Crippen LogP contribution is 2.38. The van der Waals surface area contributed by atoms with Crippen LogP contribution in [0.3, 0.4) is 0 Å². The standard InChI is InChI=1S/C14H17NO3/c1-4-5-6-12-11(10(2)15-16-3)7-8-13-14(12)18-9-17-13/h4-5,7-8H,6,9H2,1-3H3/b5-4+,15-10+. The summed E-state index contributed by atoms with van der Waals surface area (Å²) in [4.78, 5) is 4.83. The van der Waals surface area contributed by atoms with Gasteiger partial charge in [-0.15, -0.1) is 0 Å². The van der Waals surface area contributed by atoms with Gasteiger partial charge in [0.2, 0.25) is 6.79 Å². The molecule has 0 aliphatic carbocycles. The van der Waals surface area contributed by atoms with Gasteiger partial charge in [0.25, 0.3) is 0 Å². The van der Waals surface area contributed by atoms with Crippen LogP contribution in [0.4, 0.5) is 0 Å². The molecule has 4 nitrogen and oxygen atoms in total. The predicted octanol–water partition coefficient (Wildman–Crippen LogP) is 2.90. The molecule has 18 heavy (non-hydrogen) atoms. The zero-order valence-corrected chi connectivity index (χ0v) is 10.9. The molecule has 1 heterocycles. The van der Waals surface area contributed by atoms with Crippen LogP contribution >= 0.6 is 0 Å². The van der Waals surface area contributed by atoms with E-state index in [4.69, 9.17) is 14.3 Å². The third kappa shape index (κ3) is 2.32. The maximum absolute atomic E-state index is 5.54. The summed E-state index contributed by atoms with van der Waals surface area (Å²) in [6.45, 7) is 4.19. The second-order valence-electron chi connectivity index (χ2n) is 3.96. The van der Waals surface area contributed by atoms with Crippen molar-refractivity contribution in [1.29, 1.82) is 0 Å². The fraction of sp³-hybridized carbons (Fsp3) is 0.357. The fourth-order valence-electron chi connectivity index (χ4n) is 1.99. The lowest BCUT2D eigenvalue weighted by atomic mass is 9.99. The molecule has 1 aliphatic heterocycles. The zero-order chi connectivity index (χ0) is 13.0. The van der Waals surface area contributed by atoms with Gasteiger partial charge in [-0.2, -0.15) is 0 Å². The van der Waals surface area contributed by atoms with Crippen LogP contribution in [0.15, 0.2) is 29.4 Å². The molecular formula is C14H17NO3. The molecule has 0 aromatic heterocycles. The van der Waals surface area contributed by atoms with Crippen LogP contribution < -0.4 is 9.47 Å². The third-order valence-electron chi connectivity index (χ3n) is 2.82.